The Bertz CT molecular complexity index is 567. The summed E-state index contributed by atoms with van der Waals surface area (Å²) >= 11 is 0. The molecule has 0 aromatic carbocycles. The number of carbonyl (C=O) groups is 1. The number of H-pyrrole nitrogens is 1. The second-order valence-electron chi connectivity index (χ2n) is 6.61. The van der Waals surface area contributed by atoms with Crippen LogP contribution < -0.4 is 5.32 Å². The maximum Gasteiger partial charge on any atom is 0.274 e. The molecule has 0 aliphatic carbocycles. The van der Waals surface area contributed by atoms with Gasteiger partial charge in [0.2, 0.25) is 0 Å². The molecular weight excluding hydrogens is 365 g/mol. The van der Waals surface area contributed by atoms with Gasteiger partial charge in [0.15, 0.2) is 5.69 Å². The maximum absolute atomic E-state index is 12.9. The highest BCUT2D eigenvalue weighted by Gasteiger charge is 2.32. The van der Waals surface area contributed by atoms with Gasteiger partial charge in [0.1, 0.15) is 0 Å². The van der Waals surface area contributed by atoms with Gasteiger partial charge in [-0.05, 0) is 13.3 Å². The Morgan fingerprint density at radius 3 is 2.84 bits per heavy atom. The van der Waals surface area contributed by atoms with Gasteiger partial charge in [-0.1, -0.05) is 6.92 Å². The average molecular weight is 394 g/mol. The third-order valence-electron chi connectivity index (χ3n) is 4.87. The molecule has 0 radical (unpaired) electrons. The molecule has 2 aliphatic rings. The lowest BCUT2D eigenvalue weighted by atomic mass is 10.0. The summed E-state index contributed by atoms with van der Waals surface area (Å²) in [7, 11) is 0. The van der Waals surface area contributed by atoms with Crippen LogP contribution in [0.1, 0.15) is 42.0 Å². The molecule has 7 nitrogen and oxygen atoms in total. The molecule has 144 valence electrons. The molecule has 1 saturated heterocycles. The highest BCUT2D eigenvalue weighted by molar-refractivity contribution is 5.94. The number of nitrogens with one attached hydrogen (secondary N) is 2. The zero-order valence-electron chi connectivity index (χ0n) is 14.8. The Hall–Kier alpha value is -0.860. The normalized spacial score (nSPS) is 21.7. The van der Waals surface area contributed by atoms with E-state index in [0.717, 1.165) is 37.2 Å². The first-order valence-electron chi connectivity index (χ1n) is 8.58. The van der Waals surface area contributed by atoms with Crippen molar-refractivity contribution in [1.29, 1.82) is 0 Å². The third kappa shape index (κ3) is 4.86. The van der Waals surface area contributed by atoms with Gasteiger partial charge < -0.3 is 15.3 Å². The van der Waals surface area contributed by atoms with Gasteiger partial charge in [-0.15, -0.1) is 24.8 Å². The van der Waals surface area contributed by atoms with E-state index in [0.29, 0.717) is 37.9 Å². The molecule has 3 rings (SSSR count). The van der Waals surface area contributed by atoms with Crippen molar-refractivity contribution in [3.05, 3.63) is 17.0 Å². The van der Waals surface area contributed by atoms with E-state index in [1.807, 2.05) is 11.8 Å². The molecule has 0 saturated carbocycles. The van der Waals surface area contributed by atoms with Crippen molar-refractivity contribution in [1.82, 2.24) is 25.3 Å². The minimum Gasteiger partial charge on any atom is -0.392 e. The SMILES string of the molecule is CCC1CN(C(=O)c2n[nH]c3c2CNCC3)CCN1CC(C)O.Cl.Cl. The van der Waals surface area contributed by atoms with E-state index in [1.54, 1.807) is 0 Å². The lowest BCUT2D eigenvalue weighted by Gasteiger charge is -2.41. The van der Waals surface area contributed by atoms with Gasteiger partial charge in [0.05, 0.1) is 6.10 Å². The number of hydrogen-bond acceptors (Lipinski definition) is 5. The minimum atomic E-state index is -0.337. The number of aromatic amines is 1. The zero-order chi connectivity index (χ0) is 16.4. The van der Waals surface area contributed by atoms with Crippen LogP contribution in [-0.2, 0) is 13.0 Å². The first-order chi connectivity index (χ1) is 11.1. The molecule has 2 atom stereocenters. The lowest BCUT2D eigenvalue weighted by Crippen LogP contribution is -2.56. The van der Waals surface area contributed by atoms with Crippen LogP contribution in [0.15, 0.2) is 0 Å². The van der Waals surface area contributed by atoms with E-state index in [1.165, 1.54) is 0 Å². The number of rotatable bonds is 4. The Morgan fingerprint density at radius 2 is 2.16 bits per heavy atom. The summed E-state index contributed by atoms with van der Waals surface area (Å²) in [5, 5.41) is 20.2. The number of fused-ring (bicyclic) bond motifs is 1. The summed E-state index contributed by atoms with van der Waals surface area (Å²) in [5.74, 6) is 0.0290. The number of aliphatic hydroxyl groups excluding tert-OH is 1. The van der Waals surface area contributed by atoms with Crippen LogP contribution in [0.3, 0.4) is 0 Å². The molecule has 0 bridgehead atoms. The largest absolute Gasteiger partial charge is 0.392 e. The predicted octanol–water partition coefficient (Wildman–Crippen LogP) is 0.816. The van der Waals surface area contributed by atoms with E-state index in [2.05, 4.69) is 27.3 Å². The standard InChI is InChI=1S/C16H27N5O2.2ClH/c1-3-12-10-21(7-6-20(12)9-11(2)22)16(23)15-13-8-17-5-4-14(13)18-19-15;;/h11-12,17,22H,3-10H2,1-2H3,(H,18,19);2*1H. The second-order valence-corrected chi connectivity index (χ2v) is 6.61. The predicted molar refractivity (Wildman–Crippen MR) is 102 cm³/mol. The van der Waals surface area contributed by atoms with Gasteiger partial charge in [0.25, 0.3) is 5.91 Å². The van der Waals surface area contributed by atoms with Crippen LogP contribution in [-0.4, -0.2) is 75.9 Å². The summed E-state index contributed by atoms with van der Waals surface area (Å²) in [6.45, 7) is 8.46. The van der Waals surface area contributed by atoms with E-state index in [4.69, 9.17) is 0 Å². The summed E-state index contributed by atoms with van der Waals surface area (Å²) in [6, 6.07) is 0.301. The molecule has 1 fully saturated rings. The molecule has 0 spiro atoms. The molecule has 1 amide bonds. The fourth-order valence-corrected chi connectivity index (χ4v) is 3.60. The lowest BCUT2D eigenvalue weighted by molar-refractivity contribution is 0.0305. The van der Waals surface area contributed by atoms with Crippen LogP contribution >= 0.6 is 24.8 Å². The smallest absolute Gasteiger partial charge is 0.274 e. The molecule has 1 aromatic rings. The number of β-amino-alcohol motifs (C(OH)–C–C–N with tert-alkyl or cyclic N) is 1. The van der Waals surface area contributed by atoms with Crippen molar-refractivity contribution < 1.29 is 9.90 Å². The Balaban J connectivity index is 0.00000156. The number of piperazine rings is 1. The molecule has 1 aromatic heterocycles. The van der Waals surface area contributed by atoms with Crippen LogP contribution in [0.25, 0.3) is 0 Å². The van der Waals surface area contributed by atoms with Crippen LogP contribution in [0.2, 0.25) is 0 Å². The van der Waals surface area contributed by atoms with E-state index in [9.17, 15) is 9.90 Å². The van der Waals surface area contributed by atoms with Gasteiger partial charge in [-0.3, -0.25) is 14.8 Å². The summed E-state index contributed by atoms with van der Waals surface area (Å²) in [6.07, 6.45) is 1.53. The van der Waals surface area contributed by atoms with E-state index < -0.39 is 0 Å². The summed E-state index contributed by atoms with van der Waals surface area (Å²) < 4.78 is 0. The Kier molecular flexibility index (Phi) is 8.63. The summed E-state index contributed by atoms with van der Waals surface area (Å²) in [4.78, 5) is 17.1. The number of nitrogens with zero attached hydrogens (tertiary/aromatic N) is 3. The first kappa shape index (κ1) is 22.2. The number of aliphatic hydroxyl groups is 1. The number of carbonyl (C=O) groups excluding carboxylic acids is 1. The topological polar surface area (TPSA) is 84.5 Å². The Labute approximate surface area is 161 Å². The summed E-state index contributed by atoms with van der Waals surface area (Å²) in [5.41, 5.74) is 2.69. The van der Waals surface area contributed by atoms with Crippen molar-refractivity contribution in [2.75, 3.05) is 32.7 Å². The van der Waals surface area contributed by atoms with Gasteiger partial charge in [-0.25, -0.2) is 0 Å². The monoisotopic (exact) mass is 393 g/mol. The van der Waals surface area contributed by atoms with Gasteiger partial charge in [0, 0.05) is 63.0 Å². The average Bonchev–Trinajstić information content (AvgIpc) is 2.98. The second kappa shape index (κ2) is 9.73. The quantitative estimate of drug-likeness (QED) is 0.704. The zero-order valence-corrected chi connectivity index (χ0v) is 16.5. The van der Waals surface area contributed by atoms with E-state index in [-0.39, 0.29) is 36.8 Å². The Morgan fingerprint density at radius 1 is 1.40 bits per heavy atom. The van der Waals surface area contributed by atoms with E-state index >= 15 is 0 Å². The number of amides is 1. The highest BCUT2D eigenvalue weighted by Crippen LogP contribution is 2.20. The fourth-order valence-electron chi connectivity index (χ4n) is 3.60. The molecule has 2 unspecified atom stereocenters. The van der Waals surface area contributed by atoms with Crippen molar-refractivity contribution in [3.8, 4) is 0 Å². The van der Waals surface area contributed by atoms with Gasteiger partial charge in [-0.2, -0.15) is 5.10 Å². The van der Waals surface area contributed by atoms with Crippen LogP contribution in [0, 0.1) is 0 Å². The molecule has 25 heavy (non-hydrogen) atoms. The highest BCUT2D eigenvalue weighted by atomic mass is 35.5. The molecule has 3 heterocycles. The first-order valence-corrected chi connectivity index (χ1v) is 8.58. The minimum absolute atomic E-state index is 0. The van der Waals surface area contributed by atoms with Crippen molar-refractivity contribution >= 4 is 30.7 Å². The maximum atomic E-state index is 12.9. The fraction of sp³-hybridized carbons (Fsp3) is 0.750. The number of hydrogen-bond donors (Lipinski definition) is 3. The number of halogens is 2. The molecule has 3 N–H and O–H groups in total. The van der Waals surface area contributed by atoms with Crippen molar-refractivity contribution in [3.63, 3.8) is 0 Å². The van der Waals surface area contributed by atoms with Gasteiger partial charge >= 0.3 is 0 Å². The van der Waals surface area contributed by atoms with Crippen molar-refractivity contribution in [2.45, 2.75) is 45.4 Å². The molecule has 2 aliphatic heterocycles. The molecular formula is C16H29Cl2N5O2. The van der Waals surface area contributed by atoms with Crippen molar-refractivity contribution in [2.24, 2.45) is 0 Å². The van der Waals surface area contributed by atoms with Crippen LogP contribution in [0.4, 0.5) is 0 Å². The third-order valence-corrected chi connectivity index (χ3v) is 4.87. The number of aromatic nitrogens is 2. The molecule has 9 heteroatoms. The van der Waals surface area contributed by atoms with Crippen LogP contribution in [0.5, 0.6) is 0 Å².